The van der Waals surface area contributed by atoms with E-state index in [1.165, 1.54) is 0 Å². The molecule has 0 aromatic heterocycles. The van der Waals surface area contributed by atoms with Gasteiger partial charge in [-0.3, -0.25) is 4.84 Å². The van der Waals surface area contributed by atoms with Gasteiger partial charge in [-0.2, -0.15) is 5.06 Å². The number of hydrogen-bond acceptors (Lipinski definition) is 4. The number of hydrogen-bond donors (Lipinski definition) is 1. The summed E-state index contributed by atoms with van der Waals surface area (Å²) in [7, 11) is 0. The normalized spacial score (nSPS) is 27.3. The highest BCUT2D eigenvalue weighted by atomic mass is 16.7. The molecule has 1 heterocycles. The van der Waals surface area contributed by atoms with E-state index < -0.39 is 0 Å². The molecule has 0 aliphatic carbocycles. The second kappa shape index (κ2) is 4.66. The van der Waals surface area contributed by atoms with E-state index in [-0.39, 0.29) is 12.7 Å². The van der Waals surface area contributed by atoms with Crippen LogP contribution in [0.25, 0.3) is 0 Å². The van der Waals surface area contributed by atoms with Gasteiger partial charge in [-0.05, 0) is 6.92 Å². The summed E-state index contributed by atoms with van der Waals surface area (Å²) in [6.45, 7) is 4.77. The van der Waals surface area contributed by atoms with Gasteiger partial charge in [-0.15, -0.1) is 0 Å². The number of aliphatic hydroxyl groups is 1. The number of hydroxylamine groups is 2. The molecule has 4 nitrogen and oxygen atoms in total. The fraction of sp³-hybridized carbons (Fsp3) is 1.00. The minimum atomic E-state index is 0.0751. The van der Waals surface area contributed by atoms with Crippen LogP contribution in [-0.2, 0) is 9.57 Å². The second-order valence-electron chi connectivity index (χ2n) is 2.63. The van der Waals surface area contributed by atoms with Gasteiger partial charge in [0.2, 0.25) is 0 Å². The Morgan fingerprint density at radius 3 is 3.18 bits per heavy atom. The molecule has 66 valence electrons. The van der Waals surface area contributed by atoms with Gasteiger partial charge in [0.25, 0.3) is 0 Å². The summed E-state index contributed by atoms with van der Waals surface area (Å²) in [5.41, 5.74) is 0. The summed E-state index contributed by atoms with van der Waals surface area (Å²) in [5.74, 6) is 0. The summed E-state index contributed by atoms with van der Waals surface area (Å²) in [4.78, 5) is 5.21. The van der Waals surface area contributed by atoms with Crippen LogP contribution in [0, 0.1) is 0 Å². The van der Waals surface area contributed by atoms with E-state index in [4.69, 9.17) is 14.7 Å². The van der Waals surface area contributed by atoms with Crippen LogP contribution in [-0.4, -0.2) is 49.2 Å². The topological polar surface area (TPSA) is 41.9 Å². The first-order valence-corrected chi connectivity index (χ1v) is 3.93. The number of rotatable bonds is 3. The van der Waals surface area contributed by atoms with Gasteiger partial charge in [-0.1, -0.05) is 0 Å². The number of ether oxygens (including phenoxy) is 1. The molecule has 1 aliphatic rings. The highest BCUT2D eigenvalue weighted by Crippen LogP contribution is 2.03. The summed E-state index contributed by atoms with van der Waals surface area (Å²) < 4.78 is 5.30. The van der Waals surface area contributed by atoms with Crippen molar-refractivity contribution in [3.63, 3.8) is 0 Å². The lowest BCUT2D eigenvalue weighted by atomic mass is 10.3. The summed E-state index contributed by atoms with van der Waals surface area (Å²) >= 11 is 0. The Kier molecular flexibility index (Phi) is 3.79. The minimum absolute atomic E-state index is 0.0751. The lowest BCUT2D eigenvalue weighted by Gasteiger charge is -2.29. The molecule has 1 aliphatic heterocycles. The molecule has 4 heteroatoms. The van der Waals surface area contributed by atoms with Gasteiger partial charge >= 0.3 is 0 Å². The number of morpholine rings is 1. The van der Waals surface area contributed by atoms with Crippen molar-refractivity contribution in [1.82, 2.24) is 5.06 Å². The predicted molar refractivity (Wildman–Crippen MR) is 40.0 cm³/mol. The largest absolute Gasteiger partial charge is 0.394 e. The van der Waals surface area contributed by atoms with Gasteiger partial charge in [0, 0.05) is 6.54 Å². The van der Waals surface area contributed by atoms with Crippen molar-refractivity contribution in [1.29, 1.82) is 0 Å². The van der Waals surface area contributed by atoms with Crippen molar-refractivity contribution in [2.45, 2.75) is 13.0 Å². The van der Waals surface area contributed by atoms with Crippen LogP contribution in [0.2, 0.25) is 0 Å². The van der Waals surface area contributed by atoms with Crippen LogP contribution in [0.15, 0.2) is 0 Å². The Balaban J connectivity index is 2.12. The molecular formula is C7H15NO3. The lowest BCUT2D eigenvalue weighted by Crippen LogP contribution is -2.41. The van der Waals surface area contributed by atoms with E-state index in [0.29, 0.717) is 13.2 Å². The quantitative estimate of drug-likeness (QED) is 0.613. The molecule has 1 rings (SSSR count). The zero-order valence-electron chi connectivity index (χ0n) is 6.82. The van der Waals surface area contributed by atoms with E-state index in [9.17, 15) is 0 Å². The van der Waals surface area contributed by atoms with Crippen molar-refractivity contribution < 1.29 is 14.7 Å². The van der Waals surface area contributed by atoms with E-state index >= 15 is 0 Å². The summed E-state index contributed by atoms with van der Waals surface area (Å²) in [5, 5.41) is 10.3. The molecule has 1 N–H and O–H groups in total. The molecule has 0 amide bonds. The maximum absolute atomic E-state index is 8.48. The van der Waals surface area contributed by atoms with Crippen LogP contribution in [0.3, 0.4) is 0 Å². The first-order chi connectivity index (χ1) is 5.33. The molecule has 0 saturated carbocycles. The highest BCUT2D eigenvalue weighted by molar-refractivity contribution is 4.60. The molecule has 1 fully saturated rings. The third-order valence-corrected chi connectivity index (χ3v) is 1.57. The molecule has 0 spiro atoms. The SMILES string of the molecule is CC1CN(OCCO)CCO1. The Hall–Kier alpha value is -0.160. The number of aliphatic hydroxyl groups excluding tert-OH is 1. The van der Waals surface area contributed by atoms with Crippen LogP contribution in [0.5, 0.6) is 0 Å². The summed E-state index contributed by atoms with van der Waals surface area (Å²) in [6, 6.07) is 0. The first kappa shape index (κ1) is 8.93. The van der Waals surface area contributed by atoms with Gasteiger partial charge < -0.3 is 9.84 Å². The molecule has 1 saturated heterocycles. The van der Waals surface area contributed by atoms with Crippen LogP contribution in [0.1, 0.15) is 6.92 Å². The molecular weight excluding hydrogens is 146 g/mol. The average Bonchev–Trinajstić information content (AvgIpc) is 2.01. The highest BCUT2D eigenvalue weighted by Gasteiger charge is 2.16. The van der Waals surface area contributed by atoms with Gasteiger partial charge in [0.1, 0.15) is 0 Å². The molecule has 1 unspecified atom stereocenters. The molecule has 1 atom stereocenters. The van der Waals surface area contributed by atoms with Gasteiger partial charge in [-0.25, -0.2) is 0 Å². The zero-order chi connectivity index (χ0) is 8.10. The molecule has 0 aromatic rings. The van der Waals surface area contributed by atoms with Gasteiger partial charge in [0.15, 0.2) is 0 Å². The first-order valence-electron chi connectivity index (χ1n) is 3.93. The molecule has 0 bridgehead atoms. The average molecular weight is 161 g/mol. The molecule has 11 heavy (non-hydrogen) atoms. The number of nitrogens with zero attached hydrogens (tertiary/aromatic N) is 1. The third kappa shape index (κ3) is 3.16. The third-order valence-electron chi connectivity index (χ3n) is 1.57. The fourth-order valence-electron chi connectivity index (χ4n) is 1.07. The standard InChI is InChI=1S/C7H15NO3/c1-7-6-8(2-4-10-7)11-5-3-9/h7,9H,2-6H2,1H3. The minimum Gasteiger partial charge on any atom is -0.394 e. The van der Waals surface area contributed by atoms with Crippen LogP contribution < -0.4 is 0 Å². The molecule has 0 radical (unpaired) electrons. The Morgan fingerprint density at radius 1 is 1.73 bits per heavy atom. The van der Waals surface area contributed by atoms with E-state index in [1.807, 2.05) is 12.0 Å². The second-order valence-corrected chi connectivity index (χ2v) is 2.63. The summed E-state index contributed by atoms with van der Waals surface area (Å²) in [6.07, 6.45) is 0.238. The van der Waals surface area contributed by atoms with E-state index in [2.05, 4.69) is 0 Å². The van der Waals surface area contributed by atoms with Crippen molar-refractivity contribution in [3.8, 4) is 0 Å². The smallest absolute Gasteiger partial charge is 0.0916 e. The Morgan fingerprint density at radius 2 is 2.55 bits per heavy atom. The zero-order valence-corrected chi connectivity index (χ0v) is 6.82. The fourth-order valence-corrected chi connectivity index (χ4v) is 1.07. The van der Waals surface area contributed by atoms with Crippen molar-refractivity contribution in [3.05, 3.63) is 0 Å². The maximum Gasteiger partial charge on any atom is 0.0916 e. The van der Waals surface area contributed by atoms with Gasteiger partial charge in [0.05, 0.1) is 32.5 Å². The monoisotopic (exact) mass is 161 g/mol. The Labute approximate surface area is 66.7 Å². The van der Waals surface area contributed by atoms with E-state index in [1.54, 1.807) is 0 Å². The van der Waals surface area contributed by atoms with E-state index in [0.717, 1.165) is 13.1 Å². The predicted octanol–water partition coefficient (Wildman–Crippen LogP) is -0.369. The van der Waals surface area contributed by atoms with Crippen molar-refractivity contribution in [2.75, 3.05) is 32.9 Å². The molecule has 0 aromatic carbocycles. The van der Waals surface area contributed by atoms with Crippen LogP contribution >= 0.6 is 0 Å². The van der Waals surface area contributed by atoms with Crippen molar-refractivity contribution >= 4 is 0 Å². The lowest BCUT2D eigenvalue weighted by molar-refractivity contribution is -0.212. The van der Waals surface area contributed by atoms with Crippen LogP contribution in [0.4, 0.5) is 0 Å². The maximum atomic E-state index is 8.48. The van der Waals surface area contributed by atoms with Crippen molar-refractivity contribution in [2.24, 2.45) is 0 Å². The Bertz CT molecular complexity index is 110.